The van der Waals surface area contributed by atoms with Crippen molar-refractivity contribution in [3.05, 3.63) is 94.9 Å². The van der Waals surface area contributed by atoms with Gasteiger partial charge in [0, 0.05) is 11.1 Å². The van der Waals surface area contributed by atoms with Crippen molar-refractivity contribution in [1.82, 2.24) is 9.97 Å². The molecule has 0 aliphatic carbocycles. The van der Waals surface area contributed by atoms with Gasteiger partial charge in [-0.1, -0.05) is 53.5 Å². The Bertz CT molecular complexity index is 1720. The number of fused-ring (bicyclic) bond motifs is 2. The van der Waals surface area contributed by atoms with Gasteiger partial charge in [0.25, 0.3) is 0 Å². The third-order valence-electron chi connectivity index (χ3n) is 5.35. The van der Waals surface area contributed by atoms with E-state index in [0.717, 1.165) is 33.4 Å². The minimum absolute atomic E-state index is 0.0156. The standard InChI is InChI=1S/C28H24N2/c1-17-11-18(2)13-24(12-17)28-27(23-10-9-19(3)20(4)14-23)29-25-15-21-7-5-6-8-22(21)16-26(25)30-28/h5-16H,1-4H3/i5D,6D,7D,8D,15D,16D. The van der Waals surface area contributed by atoms with Crippen molar-refractivity contribution in [3.63, 3.8) is 0 Å². The highest BCUT2D eigenvalue weighted by molar-refractivity contribution is 5.97. The maximum Gasteiger partial charge on any atom is 0.0973 e. The minimum atomic E-state index is -0.436. The van der Waals surface area contributed by atoms with Crippen LogP contribution in [0.2, 0.25) is 0 Å². The molecule has 1 heterocycles. The van der Waals surface area contributed by atoms with Crippen LogP contribution in [-0.4, -0.2) is 9.97 Å². The first-order valence-electron chi connectivity index (χ1n) is 12.9. The summed E-state index contributed by atoms with van der Waals surface area (Å²) in [6.45, 7) is 8.06. The average molecular weight is 395 g/mol. The van der Waals surface area contributed by atoms with Crippen molar-refractivity contribution in [2.75, 3.05) is 0 Å². The molecular weight excluding hydrogens is 364 g/mol. The summed E-state index contributed by atoms with van der Waals surface area (Å²) in [6.07, 6.45) is 0. The maximum absolute atomic E-state index is 8.88. The van der Waals surface area contributed by atoms with Crippen LogP contribution in [0.1, 0.15) is 30.5 Å². The smallest absolute Gasteiger partial charge is 0.0973 e. The van der Waals surface area contributed by atoms with E-state index >= 15 is 0 Å². The molecule has 5 rings (SSSR count). The minimum Gasteiger partial charge on any atom is -0.244 e. The van der Waals surface area contributed by atoms with Gasteiger partial charge in [0.15, 0.2) is 0 Å². The summed E-state index contributed by atoms with van der Waals surface area (Å²) in [7, 11) is 0. The number of aryl methyl sites for hydroxylation is 4. The summed E-state index contributed by atoms with van der Waals surface area (Å²) < 4.78 is 50.7. The van der Waals surface area contributed by atoms with Gasteiger partial charge < -0.3 is 0 Å². The fraction of sp³-hybridized carbons (Fsp3) is 0.143. The van der Waals surface area contributed by atoms with E-state index in [0.29, 0.717) is 11.4 Å². The molecule has 5 aromatic rings. The summed E-state index contributed by atoms with van der Waals surface area (Å²) in [5.74, 6) is 0. The van der Waals surface area contributed by atoms with E-state index in [4.69, 9.17) is 18.2 Å². The molecule has 0 amide bonds. The number of benzene rings is 4. The fourth-order valence-corrected chi connectivity index (χ4v) is 3.75. The van der Waals surface area contributed by atoms with Crippen LogP contribution in [0.5, 0.6) is 0 Å². The summed E-state index contributed by atoms with van der Waals surface area (Å²) in [6, 6.07) is 10.2. The molecular formula is C28H24N2. The lowest BCUT2D eigenvalue weighted by Crippen LogP contribution is -1.97. The Labute approximate surface area is 185 Å². The highest BCUT2D eigenvalue weighted by atomic mass is 14.8. The molecule has 0 bridgehead atoms. The normalized spacial score (nSPS) is 14.1. The van der Waals surface area contributed by atoms with Gasteiger partial charge in [0.05, 0.1) is 30.6 Å². The van der Waals surface area contributed by atoms with Crippen LogP contribution in [-0.2, 0) is 0 Å². The fourth-order valence-electron chi connectivity index (χ4n) is 3.75. The van der Waals surface area contributed by atoms with Crippen LogP contribution >= 0.6 is 0 Å². The quantitative estimate of drug-likeness (QED) is 0.292. The second kappa shape index (κ2) is 7.07. The van der Waals surface area contributed by atoms with Crippen molar-refractivity contribution in [3.8, 4) is 22.5 Å². The van der Waals surface area contributed by atoms with Gasteiger partial charge >= 0.3 is 0 Å². The lowest BCUT2D eigenvalue weighted by molar-refractivity contribution is 1.27. The average Bonchev–Trinajstić information content (AvgIpc) is 2.83. The number of rotatable bonds is 2. The second-order valence-corrected chi connectivity index (χ2v) is 7.79. The van der Waals surface area contributed by atoms with Crippen LogP contribution in [0.4, 0.5) is 0 Å². The van der Waals surface area contributed by atoms with E-state index in [1.807, 2.05) is 58.0 Å². The number of aromatic nitrogens is 2. The van der Waals surface area contributed by atoms with Gasteiger partial charge in [0.1, 0.15) is 0 Å². The van der Waals surface area contributed by atoms with Gasteiger partial charge in [-0.15, -0.1) is 0 Å². The lowest BCUT2D eigenvalue weighted by atomic mass is 9.98. The molecule has 1 aromatic heterocycles. The molecule has 0 fully saturated rings. The van der Waals surface area contributed by atoms with Crippen molar-refractivity contribution in [2.24, 2.45) is 0 Å². The van der Waals surface area contributed by atoms with E-state index in [1.54, 1.807) is 0 Å². The summed E-state index contributed by atoms with van der Waals surface area (Å²) in [5, 5.41) is -0.0314. The topological polar surface area (TPSA) is 25.8 Å². The van der Waals surface area contributed by atoms with Gasteiger partial charge in [-0.2, -0.15) is 0 Å². The Hall–Kier alpha value is -3.52. The van der Waals surface area contributed by atoms with Gasteiger partial charge in [-0.05, 0) is 79.9 Å². The molecule has 0 saturated carbocycles. The monoisotopic (exact) mass is 394 g/mol. The molecule has 0 saturated heterocycles. The van der Waals surface area contributed by atoms with E-state index in [9.17, 15) is 0 Å². The van der Waals surface area contributed by atoms with Crippen LogP contribution in [0.15, 0.2) is 72.7 Å². The number of hydrogen-bond donors (Lipinski definition) is 0. The van der Waals surface area contributed by atoms with Crippen molar-refractivity contribution in [1.29, 1.82) is 0 Å². The SMILES string of the molecule is [2H]c1c([2H])c([2H])c2c([2H])c3nc(-c4ccc(C)c(C)c4)c(-c4cc(C)cc(C)c4)nc3c([2H])c2c1[2H]. The molecule has 30 heavy (non-hydrogen) atoms. The first-order chi connectivity index (χ1) is 17.0. The van der Waals surface area contributed by atoms with Crippen molar-refractivity contribution in [2.45, 2.75) is 27.7 Å². The molecule has 0 unspecified atom stereocenters. The first kappa shape index (κ1) is 12.9. The summed E-state index contributed by atoms with van der Waals surface area (Å²) in [4.78, 5) is 9.73. The van der Waals surface area contributed by atoms with Gasteiger partial charge in [-0.3, -0.25) is 0 Å². The maximum atomic E-state index is 8.88. The van der Waals surface area contributed by atoms with Crippen molar-refractivity contribution >= 4 is 21.8 Å². The van der Waals surface area contributed by atoms with Crippen LogP contribution in [0.25, 0.3) is 44.3 Å². The van der Waals surface area contributed by atoms with Crippen molar-refractivity contribution < 1.29 is 8.22 Å². The Morgan fingerprint density at radius 2 is 1.20 bits per heavy atom. The number of hydrogen-bond acceptors (Lipinski definition) is 2. The Balaban J connectivity index is 1.99. The lowest BCUT2D eigenvalue weighted by Gasteiger charge is -2.13. The Kier molecular flexibility index (Phi) is 3.04. The predicted octanol–water partition coefficient (Wildman–Crippen LogP) is 7.35. The zero-order valence-corrected chi connectivity index (χ0v) is 17.4. The molecule has 0 N–H and O–H groups in total. The van der Waals surface area contributed by atoms with E-state index in [2.05, 4.69) is 6.07 Å². The largest absolute Gasteiger partial charge is 0.244 e. The zero-order chi connectivity index (χ0) is 26.0. The van der Waals surface area contributed by atoms with E-state index in [1.165, 1.54) is 0 Å². The molecule has 0 spiro atoms. The predicted molar refractivity (Wildman–Crippen MR) is 127 cm³/mol. The van der Waals surface area contributed by atoms with E-state index in [-0.39, 0.29) is 46.0 Å². The highest BCUT2D eigenvalue weighted by Gasteiger charge is 2.15. The van der Waals surface area contributed by atoms with Crippen LogP contribution in [0.3, 0.4) is 0 Å². The third kappa shape index (κ3) is 3.25. The van der Waals surface area contributed by atoms with E-state index < -0.39 is 12.1 Å². The zero-order valence-electron chi connectivity index (χ0n) is 23.4. The summed E-state index contributed by atoms with van der Waals surface area (Å²) >= 11 is 0. The third-order valence-corrected chi connectivity index (χ3v) is 5.35. The first-order valence-corrected chi connectivity index (χ1v) is 9.86. The molecule has 0 aliphatic rings. The molecule has 2 heteroatoms. The molecule has 4 aromatic carbocycles. The summed E-state index contributed by atoms with van der Waals surface area (Å²) in [5.41, 5.74) is 7.37. The van der Waals surface area contributed by atoms with Gasteiger partial charge in [-0.25, -0.2) is 9.97 Å². The Morgan fingerprint density at radius 3 is 1.77 bits per heavy atom. The van der Waals surface area contributed by atoms with Gasteiger partial charge in [0.2, 0.25) is 0 Å². The second-order valence-electron chi connectivity index (χ2n) is 7.79. The highest BCUT2D eigenvalue weighted by Crippen LogP contribution is 2.34. The molecule has 0 aliphatic heterocycles. The molecule has 2 nitrogen and oxygen atoms in total. The molecule has 146 valence electrons. The molecule has 0 atom stereocenters. The number of nitrogens with zero attached hydrogens (tertiary/aromatic N) is 2. The molecule has 0 radical (unpaired) electrons. The Morgan fingerprint density at radius 1 is 0.633 bits per heavy atom. The van der Waals surface area contributed by atoms with Crippen LogP contribution < -0.4 is 0 Å². The van der Waals surface area contributed by atoms with Crippen LogP contribution in [0, 0.1) is 27.7 Å².